The minimum absolute atomic E-state index is 0.0258. The summed E-state index contributed by atoms with van der Waals surface area (Å²) in [6.45, 7) is 5.38. The number of hydrogen-bond donors (Lipinski definition) is 0. The average Bonchev–Trinajstić information content (AvgIpc) is 2.94. The number of rotatable bonds is 4. The highest BCUT2D eigenvalue weighted by atomic mass is 16.6. The number of nitro groups is 1. The number of nitro benzene ring substituents is 1. The zero-order valence-electron chi connectivity index (χ0n) is 11.2. The third kappa shape index (κ3) is 3.46. The maximum atomic E-state index is 11.8. The molecular weight excluding hydrogens is 260 g/mol. The highest BCUT2D eigenvalue weighted by molar-refractivity contribution is 5.68. The van der Waals surface area contributed by atoms with Gasteiger partial charge in [0.1, 0.15) is 6.61 Å². The Balaban J connectivity index is 1.83. The second-order valence-electron chi connectivity index (χ2n) is 4.87. The van der Waals surface area contributed by atoms with Crippen molar-refractivity contribution < 1.29 is 14.5 Å². The van der Waals surface area contributed by atoms with Crippen LogP contribution < -0.4 is 0 Å². The van der Waals surface area contributed by atoms with Gasteiger partial charge < -0.3 is 9.64 Å². The maximum Gasteiger partial charge on any atom is 0.410 e. The lowest BCUT2D eigenvalue weighted by molar-refractivity contribution is -0.384. The summed E-state index contributed by atoms with van der Waals surface area (Å²) >= 11 is 0. The number of hydrogen-bond acceptors (Lipinski definition) is 4. The molecule has 0 aromatic heterocycles. The second kappa shape index (κ2) is 6.36. The molecule has 1 aromatic rings. The highest BCUT2D eigenvalue weighted by Gasteiger charge is 2.25. The molecule has 6 nitrogen and oxygen atoms in total. The fourth-order valence-electron chi connectivity index (χ4n) is 2.18. The summed E-state index contributed by atoms with van der Waals surface area (Å²) in [4.78, 5) is 23.6. The lowest BCUT2D eigenvalue weighted by Gasteiger charge is -2.16. The van der Waals surface area contributed by atoms with Crippen molar-refractivity contribution in [2.45, 2.75) is 19.4 Å². The van der Waals surface area contributed by atoms with E-state index in [9.17, 15) is 14.9 Å². The zero-order chi connectivity index (χ0) is 14.5. The lowest BCUT2D eigenvalue weighted by Crippen LogP contribution is -2.29. The van der Waals surface area contributed by atoms with Crippen LogP contribution in [0.15, 0.2) is 24.3 Å². The molecule has 0 N–H and O–H groups in total. The van der Waals surface area contributed by atoms with Crippen LogP contribution in [0.3, 0.4) is 0 Å². The van der Waals surface area contributed by atoms with Crippen LogP contribution in [0, 0.1) is 23.0 Å². The Kier molecular flexibility index (Phi) is 4.55. The van der Waals surface area contributed by atoms with E-state index in [2.05, 4.69) is 6.92 Å². The largest absolute Gasteiger partial charge is 0.445 e. The molecule has 1 amide bonds. The molecule has 6 heteroatoms. The van der Waals surface area contributed by atoms with Gasteiger partial charge in [-0.2, -0.15) is 0 Å². The van der Waals surface area contributed by atoms with E-state index < -0.39 is 4.92 Å². The van der Waals surface area contributed by atoms with Gasteiger partial charge in [0.25, 0.3) is 5.69 Å². The van der Waals surface area contributed by atoms with Crippen LogP contribution in [0.5, 0.6) is 0 Å². The highest BCUT2D eigenvalue weighted by Crippen LogP contribution is 2.20. The van der Waals surface area contributed by atoms with E-state index in [-0.39, 0.29) is 18.4 Å². The molecule has 20 heavy (non-hydrogen) atoms. The molecular formula is C14H17N2O4. The summed E-state index contributed by atoms with van der Waals surface area (Å²) < 4.78 is 5.20. The molecule has 1 unspecified atom stereocenters. The minimum atomic E-state index is -0.459. The summed E-state index contributed by atoms with van der Waals surface area (Å²) in [6.07, 6.45) is 1.46. The van der Waals surface area contributed by atoms with Crippen molar-refractivity contribution in [3.05, 3.63) is 46.9 Å². The number of carbonyl (C=O) groups is 1. The SMILES string of the molecule is [CH2]CC1CCN(C(=O)OCc2ccc([N+](=O)[O-])cc2)C1. The number of likely N-dealkylation sites (tertiary alicyclic amines) is 1. The second-order valence-corrected chi connectivity index (χ2v) is 4.87. The van der Waals surface area contributed by atoms with E-state index in [1.165, 1.54) is 12.1 Å². The van der Waals surface area contributed by atoms with Crippen molar-refractivity contribution in [2.75, 3.05) is 13.1 Å². The van der Waals surface area contributed by atoms with Gasteiger partial charge in [-0.05, 0) is 36.5 Å². The average molecular weight is 277 g/mol. The van der Waals surface area contributed by atoms with E-state index >= 15 is 0 Å². The molecule has 1 heterocycles. The molecule has 1 radical (unpaired) electrons. The van der Waals surface area contributed by atoms with Gasteiger partial charge in [-0.3, -0.25) is 10.1 Å². The van der Waals surface area contributed by atoms with E-state index in [4.69, 9.17) is 4.74 Å². The Bertz CT molecular complexity index is 486. The van der Waals surface area contributed by atoms with Gasteiger partial charge in [-0.15, -0.1) is 0 Å². The summed E-state index contributed by atoms with van der Waals surface area (Å²) in [5.74, 6) is 0.460. The maximum absolute atomic E-state index is 11.8. The zero-order valence-corrected chi connectivity index (χ0v) is 11.2. The molecule has 1 atom stereocenters. The quantitative estimate of drug-likeness (QED) is 0.626. The molecule has 2 rings (SSSR count). The minimum Gasteiger partial charge on any atom is -0.445 e. The van der Waals surface area contributed by atoms with Gasteiger partial charge in [0, 0.05) is 25.2 Å². The summed E-state index contributed by atoms with van der Waals surface area (Å²) in [5, 5.41) is 10.5. The van der Waals surface area contributed by atoms with E-state index in [1.54, 1.807) is 17.0 Å². The van der Waals surface area contributed by atoms with Crippen LogP contribution in [0.25, 0.3) is 0 Å². The van der Waals surface area contributed by atoms with Crippen molar-refractivity contribution in [2.24, 2.45) is 5.92 Å². The molecule has 0 bridgehead atoms. The van der Waals surface area contributed by atoms with Crippen LogP contribution in [-0.4, -0.2) is 29.0 Å². The predicted molar refractivity (Wildman–Crippen MR) is 72.9 cm³/mol. The van der Waals surface area contributed by atoms with Crippen molar-refractivity contribution in [3.8, 4) is 0 Å². The van der Waals surface area contributed by atoms with Gasteiger partial charge in [0.15, 0.2) is 0 Å². The number of nitrogens with zero attached hydrogens (tertiary/aromatic N) is 2. The fourth-order valence-corrected chi connectivity index (χ4v) is 2.18. The predicted octanol–water partition coefficient (Wildman–Crippen LogP) is 2.78. The van der Waals surface area contributed by atoms with Crippen LogP contribution >= 0.6 is 0 Å². The number of non-ortho nitro benzene ring substituents is 1. The van der Waals surface area contributed by atoms with Crippen LogP contribution in [0.1, 0.15) is 18.4 Å². The number of ether oxygens (including phenoxy) is 1. The van der Waals surface area contributed by atoms with E-state index in [0.29, 0.717) is 19.0 Å². The van der Waals surface area contributed by atoms with Gasteiger partial charge >= 0.3 is 6.09 Å². The normalized spacial score (nSPS) is 18.1. The van der Waals surface area contributed by atoms with Gasteiger partial charge in [0.05, 0.1) is 4.92 Å². The molecule has 0 spiro atoms. The third-order valence-corrected chi connectivity index (χ3v) is 3.46. The first kappa shape index (κ1) is 14.3. The van der Waals surface area contributed by atoms with E-state index in [1.807, 2.05) is 0 Å². The van der Waals surface area contributed by atoms with Crippen LogP contribution in [0.4, 0.5) is 10.5 Å². The van der Waals surface area contributed by atoms with Crippen molar-refractivity contribution in [1.29, 1.82) is 0 Å². The molecule has 1 saturated heterocycles. The molecule has 1 aliphatic heterocycles. The Labute approximate surface area is 117 Å². The van der Waals surface area contributed by atoms with E-state index in [0.717, 1.165) is 18.4 Å². The molecule has 1 aromatic carbocycles. The monoisotopic (exact) mass is 277 g/mol. The summed E-state index contributed by atoms with van der Waals surface area (Å²) in [6, 6.07) is 5.98. The first-order valence-corrected chi connectivity index (χ1v) is 6.54. The number of carbonyl (C=O) groups excluding carboxylic acids is 1. The lowest BCUT2D eigenvalue weighted by atomic mass is 10.1. The van der Waals surface area contributed by atoms with Crippen LogP contribution in [0.2, 0.25) is 0 Å². The van der Waals surface area contributed by atoms with Gasteiger partial charge in [0.2, 0.25) is 0 Å². The summed E-state index contributed by atoms with van der Waals surface area (Å²) in [5.41, 5.74) is 0.759. The molecule has 107 valence electrons. The molecule has 1 aliphatic rings. The molecule has 1 fully saturated rings. The Hall–Kier alpha value is -2.11. The first-order chi connectivity index (χ1) is 9.60. The van der Waals surface area contributed by atoms with Crippen LogP contribution in [-0.2, 0) is 11.3 Å². The van der Waals surface area contributed by atoms with Crippen molar-refractivity contribution in [1.82, 2.24) is 4.90 Å². The van der Waals surface area contributed by atoms with Crippen molar-refractivity contribution in [3.63, 3.8) is 0 Å². The Morgan fingerprint density at radius 3 is 2.70 bits per heavy atom. The molecule has 0 aliphatic carbocycles. The standard InChI is InChI=1S/C14H17N2O4/c1-2-11-7-8-15(9-11)14(17)20-10-12-3-5-13(6-4-12)16(18)19/h3-6,11H,1-2,7-10H2. The van der Waals surface area contributed by atoms with Gasteiger partial charge in [-0.1, -0.05) is 6.92 Å². The third-order valence-electron chi connectivity index (χ3n) is 3.46. The van der Waals surface area contributed by atoms with Crippen molar-refractivity contribution >= 4 is 11.8 Å². The first-order valence-electron chi connectivity index (χ1n) is 6.54. The Morgan fingerprint density at radius 2 is 2.15 bits per heavy atom. The molecule has 0 saturated carbocycles. The topological polar surface area (TPSA) is 72.7 Å². The number of benzene rings is 1. The fraction of sp³-hybridized carbons (Fsp3) is 0.429. The smallest absolute Gasteiger partial charge is 0.410 e. The summed E-state index contributed by atoms with van der Waals surface area (Å²) in [7, 11) is 0. The van der Waals surface area contributed by atoms with Gasteiger partial charge in [-0.25, -0.2) is 4.79 Å². The number of amides is 1. The Morgan fingerprint density at radius 1 is 1.45 bits per heavy atom.